The first-order valence-electron chi connectivity index (χ1n) is 5.58. The summed E-state index contributed by atoms with van der Waals surface area (Å²) in [5, 5.41) is 0.128. The zero-order valence-electron chi connectivity index (χ0n) is 9.64. The van der Waals surface area contributed by atoms with Crippen molar-refractivity contribution in [3.63, 3.8) is 0 Å². The second-order valence-electron chi connectivity index (χ2n) is 4.39. The van der Waals surface area contributed by atoms with Crippen molar-refractivity contribution in [2.45, 2.75) is 38.5 Å². The third-order valence-electron chi connectivity index (χ3n) is 2.66. The van der Waals surface area contributed by atoms with Crippen molar-refractivity contribution in [2.75, 3.05) is 0 Å². The summed E-state index contributed by atoms with van der Waals surface area (Å²) in [6.07, 6.45) is 2.30. The molecule has 1 unspecified atom stereocenters. The zero-order valence-corrected chi connectivity index (χ0v) is 10.4. The second-order valence-corrected chi connectivity index (χ2v) is 4.95. The summed E-state index contributed by atoms with van der Waals surface area (Å²) in [5.74, 6) is -0.561. The minimum absolute atomic E-state index is 0.128. The van der Waals surface area contributed by atoms with Gasteiger partial charge in [0.1, 0.15) is 11.6 Å². The van der Waals surface area contributed by atoms with Crippen LogP contribution in [0.3, 0.4) is 0 Å². The Morgan fingerprint density at radius 1 is 1.25 bits per heavy atom. The van der Waals surface area contributed by atoms with E-state index in [1.807, 2.05) is 0 Å². The van der Waals surface area contributed by atoms with Crippen LogP contribution in [0, 0.1) is 17.6 Å². The van der Waals surface area contributed by atoms with Crippen molar-refractivity contribution in [2.24, 2.45) is 5.92 Å². The van der Waals surface area contributed by atoms with Crippen LogP contribution in [0.4, 0.5) is 8.78 Å². The van der Waals surface area contributed by atoms with Gasteiger partial charge in [-0.15, -0.1) is 11.6 Å². The molecule has 0 saturated heterocycles. The van der Waals surface area contributed by atoms with Gasteiger partial charge in [-0.3, -0.25) is 0 Å². The fourth-order valence-corrected chi connectivity index (χ4v) is 1.70. The molecule has 1 atom stereocenters. The Balaban J connectivity index is 2.43. The molecule has 90 valence electrons. The Bertz CT molecular complexity index is 337. The smallest absolute Gasteiger partial charge is 0.129 e. The van der Waals surface area contributed by atoms with Crippen LogP contribution in [0.25, 0.3) is 0 Å². The molecule has 0 bridgehead atoms. The first-order valence-corrected chi connectivity index (χ1v) is 6.02. The van der Waals surface area contributed by atoms with Crippen molar-refractivity contribution in [3.05, 3.63) is 35.4 Å². The highest BCUT2D eigenvalue weighted by Crippen LogP contribution is 2.18. The zero-order chi connectivity index (χ0) is 12.1. The van der Waals surface area contributed by atoms with E-state index in [9.17, 15) is 8.78 Å². The van der Waals surface area contributed by atoms with Gasteiger partial charge in [-0.1, -0.05) is 19.9 Å². The molecule has 0 amide bonds. The van der Waals surface area contributed by atoms with Gasteiger partial charge in [0.15, 0.2) is 0 Å². The fraction of sp³-hybridized carbons (Fsp3) is 0.538. The summed E-state index contributed by atoms with van der Waals surface area (Å²) in [6.45, 7) is 4.13. The van der Waals surface area contributed by atoms with Gasteiger partial charge in [0.05, 0.1) is 0 Å². The van der Waals surface area contributed by atoms with E-state index in [1.54, 1.807) is 0 Å². The maximum absolute atomic E-state index is 13.3. The highest BCUT2D eigenvalue weighted by molar-refractivity contribution is 6.20. The summed E-state index contributed by atoms with van der Waals surface area (Å²) < 4.78 is 25.9. The van der Waals surface area contributed by atoms with E-state index in [0.717, 1.165) is 18.9 Å². The minimum Gasteiger partial charge on any atom is -0.207 e. The van der Waals surface area contributed by atoms with E-state index in [4.69, 9.17) is 11.6 Å². The van der Waals surface area contributed by atoms with Crippen molar-refractivity contribution >= 4 is 11.6 Å². The standard InChI is InChI=1S/C13H17ClF2/c1-9(2)12(14)5-3-4-10-6-7-11(15)8-13(10)16/h6-9,12H,3-5H2,1-2H3. The molecular formula is C13H17ClF2. The molecule has 0 N–H and O–H groups in total. The molecule has 0 aliphatic heterocycles. The van der Waals surface area contributed by atoms with Crippen molar-refractivity contribution in [1.82, 2.24) is 0 Å². The number of halogens is 3. The molecule has 0 spiro atoms. The van der Waals surface area contributed by atoms with E-state index in [0.29, 0.717) is 17.9 Å². The van der Waals surface area contributed by atoms with Crippen LogP contribution < -0.4 is 0 Å². The number of rotatable bonds is 5. The molecule has 16 heavy (non-hydrogen) atoms. The Morgan fingerprint density at radius 2 is 1.94 bits per heavy atom. The molecule has 0 nitrogen and oxygen atoms in total. The molecule has 0 saturated carbocycles. The predicted molar refractivity (Wildman–Crippen MR) is 63.8 cm³/mol. The lowest BCUT2D eigenvalue weighted by Gasteiger charge is -2.12. The number of alkyl halides is 1. The monoisotopic (exact) mass is 246 g/mol. The van der Waals surface area contributed by atoms with Gasteiger partial charge in [0.2, 0.25) is 0 Å². The normalized spacial score (nSPS) is 13.1. The molecule has 1 aromatic rings. The quantitative estimate of drug-likeness (QED) is 0.669. The largest absolute Gasteiger partial charge is 0.207 e. The van der Waals surface area contributed by atoms with Gasteiger partial charge in [-0.05, 0) is 36.8 Å². The summed E-state index contributed by atoms with van der Waals surface area (Å²) in [6, 6.07) is 3.72. The lowest BCUT2D eigenvalue weighted by Crippen LogP contribution is -2.08. The van der Waals surface area contributed by atoms with Crippen molar-refractivity contribution in [3.8, 4) is 0 Å². The van der Waals surface area contributed by atoms with Crippen LogP contribution >= 0.6 is 11.6 Å². The van der Waals surface area contributed by atoms with E-state index in [2.05, 4.69) is 13.8 Å². The van der Waals surface area contributed by atoms with Crippen LogP contribution in [-0.2, 0) is 6.42 Å². The van der Waals surface area contributed by atoms with Crippen LogP contribution in [0.5, 0.6) is 0 Å². The van der Waals surface area contributed by atoms with E-state index >= 15 is 0 Å². The van der Waals surface area contributed by atoms with Crippen molar-refractivity contribution in [1.29, 1.82) is 0 Å². The first-order chi connectivity index (χ1) is 7.50. The summed E-state index contributed by atoms with van der Waals surface area (Å²) in [7, 11) is 0. The maximum atomic E-state index is 13.3. The molecule has 0 heterocycles. The molecule has 0 radical (unpaired) electrons. The average Bonchev–Trinajstić information content (AvgIpc) is 2.20. The van der Waals surface area contributed by atoms with Crippen LogP contribution in [0.2, 0.25) is 0 Å². The molecular weight excluding hydrogens is 230 g/mol. The summed E-state index contributed by atoms with van der Waals surface area (Å²) in [4.78, 5) is 0. The summed E-state index contributed by atoms with van der Waals surface area (Å²) >= 11 is 6.09. The van der Waals surface area contributed by atoms with E-state index < -0.39 is 11.6 Å². The lowest BCUT2D eigenvalue weighted by atomic mass is 10.0. The fourth-order valence-electron chi connectivity index (χ4n) is 1.55. The third-order valence-corrected chi connectivity index (χ3v) is 3.39. The predicted octanol–water partition coefficient (Wildman–Crippen LogP) is 4.55. The Hall–Kier alpha value is -0.630. The van der Waals surface area contributed by atoms with Crippen LogP contribution in [0.15, 0.2) is 18.2 Å². The Kier molecular flexibility index (Phi) is 5.20. The van der Waals surface area contributed by atoms with E-state index in [-0.39, 0.29) is 5.38 Å². The van der Waals surface area contributed by atoms with Gasteiger partial charge in [0.25, 0.3) is 0 Å². The van der Waals surface area contributed by atoms with Crippen LogP contribution in [-0.4, -0.2) is 5.38 Å². The number of benzene rings is 1. The molecule has 0 fully saturated rings. The summed E-state index contributed by atoms with van der Waals surface area (Å²) in [5.41, 5.74) is 0.564. The number of hydrogen-bond donors (Lipinski definition) is 0. The van der Waals surface area contributed by atoms with E-state index in [1.165, 1.54) is 12.1 Å². The maximum Gasteiger partial charge on any atom is 0.129 e. The SMILES string of the molecule is CC(C)C(Cl)CCCc1ccc(F)cc1F. The lowest BCUT2D eigenvalue weighted by molar-refractivity contribution is 0.535. The topological polar surface area (TPSA) is 0 Å². The van der Waals surface area contributed by atoms with Crippen molar-refractivity contribution < 1.29 is 8.78 Å². The average molecular weight is 247 g/mol. The minimum atomic E-state index is -0.529. The number of hydrogen-bond acceptors (Lipinski definition) is 0. The molecule has 1 rings (SSSR count). The number of aryl methyl sites for hydroxylation is 1. The van der Waals surface area contributed by atoms with Gasteiger partial charge < -0.3 is 0 Å². The second kappa shape index (κ2) is 6.19. The highest BCUT2D eigenvalue weighted by Gasteiger charge is 2.10. The Morgan fingerprint density at radius 3 is 2.50 bits per heavy atom. The van der Waals surface area contributed by atoms with Gasteiger partial charge in [-0.25, -0.2) is 8.78 Å². The molecule has 0 aliphatic carbocycles. The van der Waals surface area contributed by atoms with Gasteiger partial charge in [0, 0.05) is 11.4 Å². The van der Waals surface area contributed by atoms with Crippen LogP contribution in [0.1, 0.15) is 32.3 Å². The first kappa shape index (κ1) is 13.4. The molecule has 0 aromatic heterocycles. The molecule has 1 aromatic carbocycles. The third kappa shape index (κ3) is 4.09. The Labute approximate surface area is 101 Å². The molecule has 0 aliphatic rings. The highest BCUT2D eigenvalue weighted by atomic mass is 35.5. The van der Waals surface area contributed by atoms with Gasteiger partial charge >= 0.3 is 0 Å². The van der Waals surface area contributed by atoms with Gasteiger partial charge in [-0.2, -0.15) is 0 Å². The molecule has 3 heteroatoms.